The third-order valence-corrected chi connectivity index (χ3v) is 4.62. The summed E-state index contributed by atoms with van der Waals surface area (Å²) in [7, 11) is 0. The van der Waals surface area contributed by atoms with E-state index in [4.69, 9.17) is 4.74 Å². The van der Waals surface area contributed by atoms with Crippen LogP contribution in [0.15, 0.2) is 23.0 Å². The standard InChI is InChI=1S/C19H22FN3O4/c1-4-12-9-11(5-6-13(12)20)10-21-16(25)14-15(24)17(26)23-7-8-27-19(2,3)18(23)22-14/h5-6,9,24H,4,7-8,10H2,1-3H3,(H,21,25). The molecule has 0 spiro atoms. The summed E-state index contributed by atoms with van der Waals surface area (Å²) >= 11 is 0. The van der Waals surface area contributed by atoms with Gasteiger partial charge in [0.1, 0.15) is 17.2 Å². The van der Waals surface area contributed by atoms with Gasteiger partial charge >= 0.3 is 0 Å². The average molecular weight is 375 g/mol. The number of fused-ring (bicyclic) bond motifs is 1. The third kappa shape index (κ3) is 3.57. The molecule has 1 aliphatic rings. The first-order valence-corrected chi connectivity index (χ1v) is 8.78. The Labute approximate surface area is 155 Å². The SMILES string of the molecule is CCc1cc(CNC(=O)c2nc3n(c(=O)c2O)CCOC3(C)C)ccc1F. The minimum Gasteiger partial charge on any atom is -0.501 e. The number of hydrogen-bond donors (Lipinski definition) is 2. The van der Waals surface area contributed by atoms with Crippen molar-refractivity contribution in [2.24, 2.45) is 0 Å². The Morgan fingerprint density at radius 1 is 1.44 bits per heavy atom. The van der Waals surface area contributed by atoms with Crippen molar-refractivity contribution >= 4 is 5.91 Å². The topological polar surface area (TPSA) is 93.5 Å². The Balaban J connectivity index is 1.87. The lowest BCUT2D eigenvalue weighted by molar-refractivity contribution is -0.0566. The number of aryl methyl sites for hydroxylation is 1. The molecule has 0 aliphatic carbocycles. The molecule has 1 aromatic heterocycles. The van der Waals surface area contributed by atoms with Gasteiger partial charge in [-0.05, 0) is 37.5 Å². The minimum absolute atomic E-state index is 0.117. The third-order valence-electron chi connectivity index (χ3n) is 4.62. The number of carbonyl (C=O) groups excluding carboxylic acids is 1. The van der Waals surface area contributed by atoms with Gasteiger partial charge in [0.25, 0.3) is 11.5 Å². The first kappa shape index (κ1) is 19.0. The molecule has 1 aromatic carbocycles. The van der Waals surface area contributed by atoms with Crippen LogP contribution in [0.4, 0.5) is 4.39 Å². The molecule has 0 radical (unpaired) electrons. The van der Waals surface area contributed by atoms with Gasteiger partial charge in [-0.1, -0.05) is 19.1 Å². The zero-order chi connectivity index (χ0) is 19.8. The minimum atomic E-state index is -0.854. The number of nitrogens with zero attached hydrogens (tertiary/aromatic N) is 2. The van der Waals surface area contributed by atoms with E-state index in [0.717, 1.165) is 0 Å². The van der Waals surface area contributed by atoms with Gasteiger partial charge in [-0.2, -0.15) is 0 Å². The summed E-state index contributed by atoms with van der Waals surface area (Å²) in [6.07, 6.45) is 0.534. The zero-order valence-electron chi connectivity index (χ0n) is 15.5. The second-order valence-electron chi connectivity index (χ2n) is 6.91. The van der Waals surface area contributed by atoms with E-state index in [9.17, 15) is 19.1 Å². The summed E-state index contributed by atoms with van der Waals surface area (Å²) in [6, 6.07) is 4.59. The van der Waals surface area contributed by atoms with E-state index in [1.54, 1.807) is 26.0 Å². The van der Waals surface area contributed by atoms with Crippen LogP contribution in [0.1, 0.15) is 48.2 Å². The van der Waals surface area contributed by atoms with Crippen LogP contribution in [-0.2, 0) is 29.8 Å². The molecule has 0 saturated carbocycles. The van der Waals surface area contributed by atoms with Crippen LogP contribution in [0.5, 0.6) is 5.75 Å². The molecule has 0 atom stereocenters. The highest BCUT2D eigenvalue weighted by atomic mass is 19.1. The van der Waals surface area contributed by atoms with E-state index >= 15 is 0 Å². The molecule has 1 aliphatic heterocycles. The van der Waals surface area contributed by atoms with Crippen molar-refractivity contribution in [1.29, 1.82) is 0 Å². The lowest BCUT2D eigenvalue weighted by Crippen LogP contribution is -2.42. The van der Waals surface area contributed by atoms with Crippen LogP contribution in [0.3, 0.4) is 0 Å². The molecule has 8 heteroatoms. The molecule has 0 unspecified atom stereocenters. The summed E-state index contributed by atoms with van der Waals surface area (Å²) < 4.78 is 20.5. The summed E-state index contributed by atoms with van der Waals surface area (Å²) in [6.45, 7) is 6.02. The monoisotopic (exact) mass is 375 g/mol. The van der Waals surface area contributed by atoms with E-state index in [2.05, 4.69) is 10.3 Å². The Morgan fingerprint density at radius 3 is 2.89 bits per heavy atom. The molecule has 2 N–H and O–H groups in total. The summed E-state index contributed by atoms with van der Waals surface area (Å²) in [5.41, 5.74) is -0.611. The molecule has 7 nitrogen and oxygen atoms in total. The summed E-state index contributed by atoms with van der Waals surface area (Å²) in [4.78, 5) is 29.1. The van der Waals surface area contributed by atoms with Gasteiger partial charge in [0.2, 0.25) is 5.75 Å². The second-order valence-corrected chi connectivity index (χ2v) is 6.91. The fraction of sp³-hybridized carbons (Fsp3) is 0.421. The van der Waals surface area contributed by atoms with Crippen molar-refractivity contribution < 1.29 is 19.0 Å². The largest absolute Gasteiger partial charge is 0.501 e. The molecule has 2 heterocycles. The highest BCUT2D eigenvalue weighted by Crippen LogP contribution is 2.27. The number of hydrogen-bond acceptors (Lipinski definition) is 5. The van der Waals surface area contributed by atoms with Crippen LogP contribution in [0.2, 0.25) is 0 Å². The number of amides is 1. The van der Waals surface area contributed by atoms with Crippen molar-refractivity contribution in [1.82, 2.24) is 14.9 Å². The Bertz CT molecular complexity index is 953. The highest BCUT2D eigenvalue weighted by molar-refractivity contribution is 5.94. The maximum absolute atomic E-state index is 13.6. The maximum atomic E-state index is 13.6. The number of nitrogens with one attached hydrogen (secondary N) is 1. The van der Waals surface area contributed by atoms with Gasteiger partial charge < -0.3 is 15.2 Å². The maximum Gasteiger partial charge on any atom is 0.296 e. The van der Waals surface area contributed by atoms with Gasteiger partial charge in [-0.15, -0.1) is 0 Å². The molecular formula is C19H22FN3O4. The van der Waals surface area contributed by atoms with Crippen LogP contribution in [0, 0.1) is 5.82 Å². The molecule has 0 bridgehead atoms. The summed E-state index contributed by atoms with van der Waals surface area (Å²) in [5, 5.41) is 12.8. The smallest absolute Gasteiger partial charge is 0.296 e. The van der Waals surface area contributed by atoms with E-state index < -0.39 is 22.8 Å². The highest BCUT2D eigenvalue weighted by Gasteiger charge is 2.34. The van der Waals surface area contributed by atoms with E-state index in [-0.39, 0.29) is 30.4 Å². The number of carbonyl (C=O) groups is 1. The number of ether oxygens (including phenoxy) is 1. The zero-order valence-corrected chi connectivity index (χ0v) is 15.5. The van der Waals surface area contributed by atoms with Gasteiger partial charge in [0.15, 0.2) is 5.69 Å². The number of aromatic hydroxyl groups is 1. The van der Waals surface area contributed by atoms with Crippen molar-refractivity contribution in [3.63, 3.8) is 0 Å². The van der Waals surface area contributed by atoms with Crippen LogP contribution in [0.25, 0.3) is 0 Å². The Kier molecular flexibility index (Phi) is 5.01. The molecular weight excluding hydrogens is 353 g/mol. The second kappa shape index (κ2) is 7.11. The summed E-state index contributed by atoms with van der Waals surface area (Å²) in [5.74, 6) is -1.38. The van der Waals surface area contributed by atoms with E-state index in [1.807, 2.05) is 6.92 Å². The van der Waals surface area contributed by atoms with Crippen molar-refractivity contribution in [2.45, 2.75) is 45.9 Å². The fourth-order valence-electron chi connectivity index (χ4n) is 3.10. The molecule has 144 valence electrons. The number of rotatable bonds is 4. The van der Waals surface area contributed by atoms with Crippen LogP contribution >= 0.6 is 0 Å². The molecule has 0 fully saturated rings. The van der Waals surface area contributed by atoms with Gasteiger partial charge in [0.05, 0.1) is 13.2 Å². The van der Waals surface area contributed by atoms with Crippen molar-refractivity contribution in [2.75, 3.05) is 6.61 Å². The normalized spacial score (nSPS) is 15.3. The lowest BCUT2D eigenvalue weighted by atomic mass is 10.1. The van der Waals surface area contributed by atoms with E-state index in [0.29, 0.717) is 24.2 Å². The van der Waals surface area contributed by atoms with Gasteiger partial charge in [0, 0.05) is 6.54 Å². The lowest BCUT2D eigenvalue weighted by Gasteiger charge is -2.32. The number of benzene rings is 1. The first-order chi connectivity index (χ1) is 12.7. The van der Waals surface area contributed by atoms with Gasteiger partial charge in [-0.25, -0.2) is 9.37 Å². The Morgan fingerprint density at radius 2 is 2.19 bits per heavy atom. The number of aromatic nitrogens is 2. The van der Waals surface area contributed by atoms with Crippen molar-refractivity contribution in [3.05, 3.63) is 57.0 Å². The predicted octanol–water partition coefficient (Wildman–Crippen LogP) is 1.85. The molecule has 3 rings (SSSR count). The fourth-order valence-corrected chi connectivity index (χ4v) is 3.10. The molecule has 1 amide bonds. The Hall–Kier alpha value is -2.74. The van der Waals surface area contributed by atoms with Gasteiger partial charge in [-0.3, -0.25) is 14.2 Å². The first-order valence-electron chi connectivity index (χ1n) is 8.78. The molecule has 2 aromatic rings. The quantitative estimate of drug-likeness (QED) is 0.851. The van der Waals surface area contributed by atoms with Crippen molar-refractivity contribution in [3.8, 4) is 5.75 Å². The van der Waals surface area contributed by atoms with E-state index in [1.165, 1.54) is 10.6 Å². The number of halogens is 1. The molecule has 0 saturated heterocycles. The average Bonchev–Trinajstić information content (AvgIpc) is 2.63. The predicted molar refractivity (Wildman–Crippen MR) is 96.1 cm³/mol. The molecule has 27 heavy (non-hydrogen) atoms. The van der Waals surface area contributed by atoms with Crippen LogP contribution in [-0.4, -0.2) is 27.2 Å². The van der Waals surface area contributed by atoms with Crippen LogP contribution < -0.4 is 10.9 Å².